The number of carbonyl (C=O) groups excluding carboxylic acids is 2. The van der Waals surface area contributed by atoms with E-state index in [-0.39, 0.29) is 12.8 Å². The predicted molar refractivity (Wildman–Crippen MR) is 100 cm³/mol. The van der Waals surface area contributed by atoms with Crippen LogP contribution in [-0.4, -0.2) is 61.4 Å². The predicted octanol–water partition coefficient (Wildman–Crippen LogP) is 1.58. The third kappa shape index (κ3) is 15.8. The minimum atomic E-state index is -1.25. The van der Waals surface area contributed by atoms with Crippen LogP contribution >= 0.6 is 0 Å². The number of hydrogen-bond acceptors (Lipinski definition) is 5. The molecule has 0 radical (unpaired) electrons. The maximum absolute atomic E-state index is 11.9. The Labute approximate surface area is 157 Å². The first-order valence-corrected chi connectivity index (χ1v) is 9.32. The minimum Gasteiger partial charge on any atom is -0.550 e. The molecule has 0 rings (SSSR count). The lowest BCUT2D eigenvalue weighted by molar-refractivity contribution is -0.873. The van der Waals surface area contributed by atoms with Crippen molar-refractivity contribution in [2.45, 2.75) is 64.1 Å². The van der Waals surface area contributed by atoms with Crippen LogP contribution in [0.1, 0.15) is 51.9 Å². The molecule has 0 aliphatic carbocycles. The van der Waals surface area contributed by atoms with Crippen LogP contribution in [0.25, 0.3) is 0 Å². The number of aliphatic carboxylic acids is 1. The molecular weight excluding hydrogens is 334 g/mol. The molecule has 0 aromatic heterocycles. The molecule has 0 spiro atoms. The number of quaternary nitrogens is 1. The van der Waals surface area contributed by atoms with Crippen molar-refractivity contribution in [1.29, 1.82) is 0 Å². The first kappa shape index (κ1) is 24.3. The van der Waals surface area contributed by atoms with Gasteiger partial charge in [0.15, 0.2) is 6.10 Å². The topological polar surface area (TPSA) is 86.7 Å². The van der Waals surface area contributed by atoms with E-state index in [1.807, 2.05) is 33.3 Å². The van der Waals surface area contributed by atoms with Crippen LogP contribution in [0.5, 0.6) is 0 Å². The molecular formula is C20H35NO5. The van der Waals surface area contributed by atoms with Crippen LogP contribution in [-0.2, 0) is 14.3 Å². The number of unbranched alkanes of at least 4 members (excludes halogenated alkanes) is 1. The van der Waals surface area contributed by atoms with Gasteiger partial charge >= 0.3 is 5.97 Å². The second kappa shape index (κ2) is 13.5. The number of likely N-dealkylation sites (N-methyl/N-ethyl adjacent to an activating group) is 1. The first-order chi connectivity index (χ1) is 12.1. The lowest BCUT2D eigenvalue weighted by Crippen LogP contribution is -2.45. The van der Waals surface area contributed by atoms with Gasteiger partial charge in [-0.3, -0.25) is 4.79 Å². The monoisotopic (exact) mass is 369 g/mol. The number of aliphatic hydroxyl groups is 1. The quantitative estimate of drug-likeness (QED) is 0.285. The van der Waals surface area contributed by atoms with E-state index < -0.39 is 24.1 Å². The third-order valence-corrected chi connectivity index (χ3v) is 3.57. The van der Waals surface area contributed by atoms with Crippen LogP contribution in [0, 0.1) is 0 Å². The summed E-state index contributed by atoms with van der Waals surface area (Å²) in [7, 11) is 5.65. The fraction of sp³-hybridized carbons (Fsp3) is 0.700. The largest absolute Gasteiger partial charge is 0.550 e. The molecule has 0 aliphatic heterocycles. The first-order valence-electron chi connectivity index (χ1n) is 9.32. The Balaban J connectivity index is 4.18. The van der Waals surface area contributed by atoms with Crippen molar-refractivity contribution in [3.63, 3.8) is 0 Å². The molecule has 26 heavy (non-hydrogen) atoms. The number of carboxylic acids is 1. The summed E-state index contributed by atoms with van der Waals surface area (Å²) in [6.45, 7) is 2.50. The van der Waals surface area contributed by atoms with E-state index in [2.05, 4.69) is 19.1 Å². The number of hydrogen-bond donors (Lipinski definition) is 1. The van der Waals surface area contributed by atoms with Crippen molar-refractivity contribution in [3.05, 3.63) is 24.3 Å². The van der Waals surface area contributed by atoms with Gasteiger partial charge in [0.05, 0.1) is 33.7 Å². The highest BCUT2D eigenvalue weighted by atomic mass is 16.5. The molecule has 2 unspecified atom stereocenters. The van der Waals surface area contributed by atoms with Crippen LogP contribution in [0.4, 0.5) is 0 Å². The van der Waals surface area contributed by atoms with E-state index in [0.717, 1.165) is 19.3 Å². The summed E-state index contributed by atoms with van der Waals surface area (Å²) in [5.74, 6) is -1.83. The van der Waals surface area contributed by atoms with Gasteiger partial charge in [-0.15, -0.1) is 0 Å². The second-order valence-electron chi connectivity index (χ2n) is 7.56. The molecule has 0 saturated carbocycles. The minimum absolute atomic E-state index is 0.134. The van der Waals surface area contributed by atoms with Gasteiger partial charge in [0.25, 0.3) is 0 Å². The van der Waals surface area contributed by atoms with Crippen molar-refractivity contribution in [3.8, 4) is 0 Å². The molecule has 2 atom stereocenters. The van der Waals surface area contributed by atoms with E-state index in [1.165, 1.54) is 0 Å². The Morgan fingerprint density at radius 3 is 2.23 bits per heavy atom. The number of nitrogens with zero attached hydrogens (tertiary/aromatic N) is 1. The zero-order valence-electron chi connectivity index (χ0n) is 16.6. The van der Waals surface area contributed by atoms with Gasteiger partial charge in [-0.2, -0.15) is 0 Å². The van der Waals surface area contributed by atoms with E-state index in [9.17, 15) is 19.8 Å². The van der Waals surface area contributed by atoms with Gasteiger partial charge < -0.3 is 24.2 Å². The molecule has 0 aromatic rings. The summed E-state index contributed by atoms with van der Waals surface area (Å²) < 4.78 is 5.69. The molecule has 0 saturated heterocycles. The summed E-state index contributed by atoms with van der Waals surface area (Å²) in [5, 5.41) is 20.8. The Bertz CT molecular complexity index is 465. The zero-order chi connectivity index (χ0) is 20.0. The van der Waals surface area contributed by atoms with Crippen molar-refractivity contribution in [2.75, 3.05) is 27.7 Å². The van der Waals surface area contributed by atoms with Crippen LogP contribution in [0.2, 0.25) is 0 Å². The van der Waals surface area contributed by atoms with Crippen molar-refractivity contribution in [2.24, 2.45) is 0 Å². The third-order valence-electron chi connectivity index (χ3n) is 3.57. The molecule has 6 nitrogen and oxygen atoms in total. The molecule has 150 valence electrons. The van der Waals surface area contributed by atoms with E-state index in [4.69, 9.17) is 4.74 Å². The van der Waals surface area contributed by atoms with E-state index in [1.54, 1.807) is 0 Å². The molecule has 0 aliphatic rings. The van der Waals surface area contributed by atoms with Crippen molar-refractivity contribution >= 4 is 11.9 Å². The normalized spacial score (nSPS) is 14.7. The number of rotatable bonds is 14. The van der Waals surface area contributed by atoms with E-state index in [0.29, 0.717) is 23.9 Å². The zero-order valence-corrected chi connectivity index (χ0v) is 16.6. The Morgan fingerprint density at radius 1 is 1.08 bits per heavy atom. The van der Waals surface area contributed by atoms with Gasteiger partial charge in [-0.25, -0.2) is 0 Å². The lowest BCUT2D eigenvalue weighted by atomic mass is 10.1. The molecule has 6 heteroatoms. The number of aliphatic hydroxyl groups excluding tert-OH is 1. The highest BCUT2D eigenvalue weighted by molar-refractivity contribution is 5.71. The summed E-state index contributed by atoms with van der Waals surface area (Å²) in [6, 6.07) is 0. The standard InChI is InChI=1S/C20H35NO5/c1-5-6-7-8-9-10-11-12-13-17(22)14-20(25)26-18(15-19(23)24)16-21(2,3)4/h7-8,10-11,17-18,22H,5-6,9,12-16H2,1-4H3/b8-7+,11-10+. The van der Waals surface area contributed by atoms with Crippen LogP contribution in [0.3, 0.4) is 0 Å². The lowest BCUT2D eigenvalue weighted by Gasteiger charge is -2.29. The number of carboxylic acid groups (broad SMARTS) is 1. The van der Waals surface area contributed by atoms with Gasteiger partial charge in [0.2, 0.25) is 0 Å². The second-order valence-corrected chi connectivity index (χ2v) is 7.56. The average molecular weight is 370 g/mol. The number of esters is 1. The van der Waals surface area contributed by atoms with Gasteiger partial charge in [0.1, 0.15) is 6.54 Å². The Morgan fingerprint density at radius 2 is 1.69 bits per heavy atom. The highest BCUT2D eigenvalue weighted by Crippen LogP contribution is 2.09. The summed E-state index contributed by atoms with van der Waals surface area (Å²) in [5.41, 5.74) is 0. The fourth-order valence-electron chi connectivity index (χ4n) is 2.43. The Hall–Kier alpha value is -1.66. The number of carbonyl (C=O) groups is 2. The summed E-state index contributed by atoms with van der Waals surface area (Å²) >= 11 is 0. The maximum Gasteiger partial charge on any atom is 0.308 e. The molecule has 1 N–H and O–H groups in total. The molecule has 0 heterocycles. The van der Waals surface area contributed by atoms with Crippen molar-refractivity contribution < 1.29 is 29.0 Å². The van der Waals surface area contributed by atoms with Gasteiger partial charge in [-0.1, -0.05) is 37.6 Å². The van der Waals surface area contributed by atoms with E-state index >= 15 is 0 Å². The molecule has 0 bridgehead atoms. The number of allylic oxidation sites excluding steroid dienone is 4. The van der Waals surface area contributed by atoms with Crippen molar-refractivity contribution in [1.82, 2.24) is 0 Å². The average Bonchev–Trinajstić information content (AvgIpc) is 2.47. The maximum atomic E-state index is 11.9. The summed E-state index contributed by atoms with van der Waals surface area (Å²) in [6.07, 6.45) is 10.5. The molecule has 0 amide bonds. The van der Waals surface area contributed by atoms with Gasteiger partial charge in [0, 0.05) is 12.4 Å². The van der Waals surface area contributed by atoms with Crippen LogP contribution in [0.15, 0.2) is 24.3 Å². The Kier molecular flexibility index (Phi) is 12.7. The highest BCUT2D eigenvalue weighted by Gasteiger charge is 2.23. The smallest absolute Gasteiger partial charge is 0.308 e. The molecule has 0 aromatic carbocycles. The van der Waals surface area contributed by atoms with Crippen LogP contribution < -0.4 is 5.11 Å². The van der Waals surface area contributed by atoms with Gasteiger partial charge in [-0.05, 0) is 25.7 Å². The SMILES string of the molecule is CCC/C=C/C/C=C/CCC(O)CC(=O)OC(CC(=O)[O-])C[N+](C)(C)C. The fourth-order valence-corrected chi connectivity index (χ4v) is 2.43. The molecule has 0 fully saturated rings. The number of ether oxygens (including phenoxy) is 1. The summed E-state index contributed by atoms with van der Waals surface area (Å²) in [4.78, 5) is 22.8.